The molecule has 3 rings (SSSR count). The molecule has 0 unspecified atom stereocenters. The van der Waals surface area contributed by atoms with Crippen LogP contribution in [0, 0.1) is 19.3 Å². The summed E-state index contributed by atoms with van der Waals surface area (Å²) in [4.78, 5) is 14.8. The maximum atomic E-state index is 12.5. The zero-order valence-corrected chi connectivity index (χ0v) is 21.2. The Morgan fingerprint density at radius 1 is 1.09 bits per heavy atom. The molecule has 1 aliphatic heterocycles. The number of halogens is 3. The van der Waals surface area contributed by atoms with Crippen LogP contribution in [-0.4, -0.2) is 25.2 Å². The van der Waals surface area contributed by atoms with Gasteiger partial charge in [-0.05, 0) is 84.7 Å². The summed E-state index contributed by atoms with van der Waals surface area (Å²) in [5.74, 6) is 0.595. The summed E-state index contributed by atoms with van der Waals surface area (Å²) in [6.07, 6.45) is -0.867. The average molecular weight is 489 g/mol. The van der Waals surface area contributed by atoms with Crippen LogP contribution in [0.4, 0.5) is 24.5 Å². The minimum absolute atomic E-state index is 0.0204. The maximum absolute atomic E-state index is 12.5. The highest BCUT2D eigenvalue weighted by molar-refractivity contribution is 5.93. The number of benzene rings is 2. The third kappa shape index (κ3) is 8.05. The van der Waals surface area contributed by atoms with E-state index in [0.29, 0.717) is 12.2 Å². The Morgan fingerprint density at radius 3 is 2.40 bits per heavy atom. The Labute approximate surface area is 206 Å². The fourth-order valence-electron chi connectivity index (χ4n) is 4.36. The van der Waals surface area contributed by atoms with Crippen molar-refractivity contribution in [1.29, 1.82) is 0 Å². The first kappa shape index (κ1) is 26.6. The second-order valence-electron chi connectivity index (χ2n) is 10.5. The van der Waals surface area contributed by atoms with E-state index in [1.807, 2.05) is 52.8 Å². The van der Waals surface area contributed by atoms with E-state index < -0.39 is 6.18 Å². The molecule has 35 heavy (non-hydrogen) atoms. The second-order valence-corrected chi connectivity index (χ2v) is 10.5. The van der Waals surface area contributed by atoms with Gasteiger partial charge >= 0.3 is 6.18 Å². The molecule has 0 spiro atoms. The third-order valence-corrected chi connectivity index (χ3v) is 5.90. The lowest BCUT2D eigenvalue weighted by molar-refractivity contribution is -0.117. The molecule has 1 N–H and O–H groups in total. The van der Waals surface area contributed by atoms with E-state index >= 15 is 0 Å². The van der Waals surface area contributed by atoms with Crippen LogP contribution in [0.5, 0.6) is 5.75 Å². The summed E-state index contributed by atoms with van der Waals surface area (Å²) in [5.41, 5.74) is 6.31. The van der Waals surface area contributed by atoms with E-state index in [2.05, 4.69) is 22.3 Å². The molecular weight excluding hydrogens is 453 g/mol. The van der Waals surface area contributed by atoms with Crippen molar-refractivity contribution in [3.8, 4) is 5.75 Å². The smallest absolute Gasteiger partial charge is 0.409 e. The number of hydrogen-bond donors (Lipinski definition) is 1. The third-order valence-electron chi connectivity index (χ3n) is 5.90. The van der Waals surface area contributed by atoms with Gasteiger partial charge in [0, 0.05) is 37.0 Å². The number of amides is 1. The summed E-state index contributed by atoms with van der Waals surface area (Å²) < 4.78 is 42.2. The molecule has 1 amide bonds. The highest BCUT2D eigenvalue weighted by atomic mass is 19.4. The number of rotatable bonds is 6. The van der Waals surface area contributed by atoms with Crippen LogP contribution in [0.25, 0.3) is 0 Å². The van der Waals surface area contributed by atoms with Gasteiger partial charge in [-0.1, -0.05) is 26.8 Å². The molecule has 0 aromatic heterocycles. The molecule has 0 fully saturated rings. The van der Waals surface area contributed by atoms with Gasteiger partial charge in [0.1, 0.15) is 12.4 Å². The summed E-state index contributed by atoms with van der Waals surface area (Å²) in [5, 5.41) is 3.09. The van der Waals surface area contributed by atoms with Crippen molar-refractivity contribution in [2.75, 3.05) is 23.4 Å². The first-order valence-corrected chi connectivity index (χ1v) is 12.0. The molecule has 1 heterocycles. The molecule has 0 saturated heterocycles. The Balaban J connectivity index is 1.71. The molecule has 0 radical (unpaired) electrons. The molecule has 4 nitrogen and oxygen atoms in total. The lowest BCUT2D eigenvalue weighted by atomic mass is 9.92. The lowest BCUT2D eigenvalue weighted by Gasteiger charge is -2.26. The number of alkyl halides is 3. The number of aryl methyl sites for hydroxylation is 3. The highest BCUT2D eigenvalue weighted by Crippen LogP contribution is 2.32. The highest BCUT2D eigenvalue weighted by Gasteiger charge is 2.22. The normalized spacial score (nSPS) is 14.6. The SMILES string of the molecule is Cc1cc(N2CCCc3cc(OC/C=C/C(F)(F)F)ccc3C2)cc(C)c1NC(=O)CC(C)(C)C. The van der Waals surface area contributed by atoms with Crippen molar-refractivity contribution in [3.05, 3.63) is 64.7 Å². The zero-order valence-electron chi connectivity index (χ0n) is 21.2. The molecule has 0 aliphatic carbocycles. The number of fused-ring (bicyclic) bond motifs is 1. The first-order valence-electron chi connectivity index (χ1n) is 12.0. The van der Waals surface area contributed by atoms with Crippen molar-refractivity contribution >= 4 is 17.3 Å². The molecule has 0 atom stereocenters. The minimum atomic E-state index is -4.33. The molecule has 190 valence electrons. The Morgan fingerprint density at radius 2 is 1.77 bits per heavy atom. The van der Waals surface area contributed by atoms with Gasteiger partial charge in [-0.3, -0.25) is 4.79 Å². The van der Waals surface area contributed by atoms with Gasteiger partial charge in [-0.2, -0.15) is 13.2 Å². The number of allylic oxidation sites excluding steroid dienone is 1. The van der Waals surface area contributed by atoms with Crippen molar-refractivity contribution in [2.24, 2.45) is 5.41 Å². The predicted molar refractivity (Wildman–Crippen MR) is 135 cm³/mol. The Bertz CT molecular complexity index is 1060. The number of nitrogens with zero attached hydrogens (tertiary/aromatic N) is 1. The Hall–Kier alpha value is -2.96. The van der Waals surface area contributed by atoms with Crippen LogP contribution in [0.15, 0.2) is 42.5 Å². The Kier molecular flexibility index (Phi) is 8.18. The first-order chi connectivity index (χ1) is 16.3. The summed E-state index contributed by atoms with van der Waals surface area (Å²) in [6, 6.07) is 9.99. The van der Waals surface area contributed by atoms with E-state index in [1.54, 1.807) is 0 Å². The average Bonchev–Trinajstić information content (AvgIpc) is 2.94. The van der Waals surface area contributed by atoms with Gasteiger partial charge in [-0.15, -0.1) is 0 Å². The number of carbonyl (C=O) groups is 1. The van der Waals surface area contributed by atoms with Crippen LogP contribution in [0.2, 0.25) is 0 Å². The van der Waals surface area contributed by atoms with Crippen LogP contribution >= 0.6 is 0 Å². The van der Waals surface area contributed by atoms with Crippen molar-refractivity contribution < 1.29 is 22.7 Å². The van der Waals surface area contributed by atoms with E-state index in [9.17, 15) is 18.0 Å². The van der Waals surface area contributed by atoms with Crippen LogP contribution in [-0.2, 0) is 17.8 Å². The molecule has 2 aromatic carbocycles. The van der Waals surface area contributed by atoms with Gasteiger partial charge in [-0.25, -0.2) is 0 Å². The monoisotopic (exact) mass is 488 g/mol. The van der Waals surface area contributed by atoms with Crippen LogP contribution in [0.1, 0.15) is 55.9 Å². The fourth-order valence-corrected chi connectivity index (χ4v) is 4.36. The topological polar surface area (TPSA) is 41.6 Å². The number of hydrogen-bond acceptors (Lipinski definition) is 3. The predicted octanol–water partition coefficient (Wildman–Crippen LogP) is 7.13. The lowest BCUT2D eigenvalue weighted by Crippen LogP contribution is -2.23. The van der Waals surface area contributed by atoms with E-state index in [4.69, 9.17) is 4.74 Å². The number of carbonyl (C=O) groups excluding carboxylic acids is 1. The number of nitrogens with one attached hydrogen (secondary N) is 1. The van der Waals surface area contributed by atoms with Crippen molar-refractivity contribution in [3.63, 3.8) is 0 Å². The van der Waals surface area contributed by atoms with Gasteiger partial charge in [0.2, 0.25) is 5.91 Å². The molecule has 1 aliphatic rings. The summed E-state index contributed by atoms with van der Waals surface area (Å²) >= 11 is 0. The molecule has 0 saturated carbocycles. The van der Waals surface area contributed by atoms with Crippen LogP contribution < -0.4 is 15.0 Å². The van der Waals surface area contributed by atoms with E-state index in [-0.39, 0.29) is 24.0 Å². The zero-order chi connectivity index (χ0) is 25.8. The molecular formula is C28H35F3N2O2. The summed E-state index contributed by atoms with van der Waals surface area (Å²) in [7, 11) is 0. The van der Waals surface area contributed by atoms with Gasteiger partial charge in [0.25, 0.3) is 0 Å². The number of anilines is 2. The van der Waals surface area contributed by atoms with E-state index in [0.717, 1.165) is 60.1 Å². The van der Waals surface area contributed by atoms with Crippen molar-refractivity contribution in [1.82, 2.24) is 0 Å². The molecule has 2 aromatic rings. The van der Waals surface area contributed by atoms with Gasteiger partial charge < -0.3 is 15.0 Å². The maximum Gasteiger partial charge on any atom is 0.409 e. The fraction of sp³-hybridized carbons (Fsp3) is 0.464. The molecule has 7 heteroatoms. The molecule has 0 bridgehead atoms. The quantitative estimate of drug-likeness (QED) is 0.440. The van der Waals surface area contributed by atoms with Gasteiger partial charge in [0.15, 0.2) is 0 Å². The van der Waals surface area contributed by atoms with E-state index in [1.165, 1.54) is 5.56 Å². The minimum Gasteiger partial charge on any atom is -0.490 e. The largest absolute Gasteiger partial charge is 0.490 e. The number of ether oxygens (including phenoxy) is 1. The second kappa shape index (κ2) is 10.8. The van der Waals surface area contributed by atoms with Crippen LogP contribution in [0.3, 0.4) is 0 Å². The van der Waals surface area contributed by atoms with Crippen molar-refractivity contribution in [2.45, 2.75) is 66.6 Å². The standard InChI is InChI=1S/C28H35F3N2O2/c1-19-14-23(15-20(2)26(19)32-25(34)17-27(3,4)5)33-12-6-8-21-16-24(10-9-22(21)18-33)35-13-7-11-28(29,30)31/h7,9-11,14-16H,6,8,12-13,17-18H2,1-5H3,(H,32,34)/b11-7+. The summed E-state index contributed by atoms with van der Waals surface area (Å²) in [6.45, 7) is 11.7. The van der Waals surface area contributed by atoms with Gasteiger partial charge in [0.05, 0.1) is 0 Å².